The van der Waals surface area contributed by atoms with Gasteiger partial charge in [-0.15, -0.1) is 0 Å². The number of nitrogens with one attached hydrogen (secondary N) is 1. The fourth-order valence-electron chi connectivity index (χ4n) is 2.31. The van der Waals surface area contributed by atoms with Crippen molar-refractivity contribution in [3.8, 4) is 11.3 Å². The van der Waals surface area contributed by atoms with Crippen LogP contribution < -0.4 is 5.32 Å². The smallest absolute Gasteiger partial charge is 0.123 e. The molecule has 1 heterocycles. The summed E-state index contributed by atoms with van der Waals surface area (Å²) < 4.78 is 2.17. The van der Waals surface area contributed by atoms with Gasteiger partial charge in [-0.05, 0) is 26.0 Å². The summed E-state index contributed by atoms with van der Waals surface area (Å²) in [6.45, 7) is 5.04. The van der Waals surface area contributed by atoms with E-state index in [1.54, 1.807) is 0 Å². The molecule has 3 nitrogen and oxygen atoms in total. The fourth-order valence-corrected chi connectivity index (χ4v) is 2.31. The lowest BCUT2D eigenvalue weighted by atomic mass is 10.1. The second-order valence-electron chi connectivity index (χ2n) is 4.60. The van der Waals surface area contributed by atoms with Gasteiger partial charge < -0.3 is 9.88 Å². The Morgan fingerprint density at radius 1 is 1.22 bits per heavy atom. The van der Waals surface area contributed by atoms with Gasteiger partial charge >= 0.3 is 0 Å². The number of hydrogen-bond acceptors (Lipinski definition) is 2. The first-order valence-electron chi connectivity index (χ1n) is 6.43. The van der Waals surface area contributed by atoms with Crippen LogP contribution in [0.15, 0.2) is 24.3 Å². The van der Waals surface area contributed by atoms with E-state index >= 15 is 0 Å². The van der Waals surface area contributed by atoms with Crippen molar-refractivity contribution in [3.63, 3.8) is 0 Å². The van der Waals surface area contributed by atoms with Crippen LogP contribution in [0.1, 0.15) is 24.0 Å². The Kier molecular flexibility index (Phi) is 3.82. The second-order valence-corrected chi connectivity index (χ2v) is 4.60. The monoisotopic (exact) mass is 243 g/mol. The molecule has 0 saturated heterocycles. The van der Waals surface area contributed by atoms with Gasteiger partial charge in [0.1, 0.15) is 5.82 Å². The summed E-state index contributed by atoms with van der Waals surface area (Å²) in [5.74, 6) is 1.07. The maximum absolute atomic E-state index is 4.62. The molecule has 1 aromatic heterocycles. The van der Waals surface area contributed by atoms with Crippen LogP contribution in [0.4, 0.5) is 0 Å². The van der Waals surface area contributed by atoms with Crippen molar-refractivity contribution in [3.05, 3.63) is 41.3 Å². The minimum Gasteiger partial charge on any atom is -0.330 e. The second kappa shape index (κ2) is 5.36. The highest BCUT2D eigenvalue weighted by Crippen LogP contribution is 2.24. The molecule has 0 fully saturated rings. The Morgan fingerprint density at radius 3 is 2.44 bits per heavy atom. The molecule has 96 valence electrons. The molecule has 1 aromatic carbocycles. The lowest BCUT2D eigenvalue weighted by Crippen LogP contribution is -2.10. The van der Waals surface area contributed by atoms with Gasteiger partial charge in [0, 0.05) is 12.6 Å². The van der Waals surface area contributed by atoms with E-state index in [0.717, 1.165) is 24.5 Å². The summed E-state index contributed by atoms with van der Waals surface area (Å²) in [5, 5.41) is 3.15. The van der Waals surface area contributed by atoms with Gasteiger partial charge in [0.05, 0.1) is 17.9 Å². The van der Waals surface area contributed by atoms with Gasteiger partial charge in [-0.1, -0.05) is 31.2 Å². The summed E-state index contributed by atoms with van der Waals surface area (Å²) in [5.41, 5.74) is 4.91. The minimum atomic E-state index is 0.796. The van der Waals surface area contributed by atoms with Crippen LogP contribution in [-0.4, -0.2) is 16.6 Å². The van der Waals surface area contributed by atoms with Crippen molar-refractivity contribution in [2.24, 2.45) is 7.05 Å². The van der Waals surface area contributed by atoms with Gasteiger partial charge in [0.25, 0.3) is 0 Å². The third-order valence-electron chi connectivity index (χ3n) is 3.33. The largest absolute Gasteiger partial charge is 0.330 e. The van der Waals surface area contributed by atoms with E-state index < -0.39 is 0 Å². The first-order chi connectivity index (χ1) is 8.67. The molecule has 2 aromatic rings. The van der Waals surface area contributed by atoms with E-state index in [1.807, 2.05) is 7.05 Å². The van der Waals surface area contributed by atoms with Crippen LogP contribution in [-0.2, 0) is 20.0 Å². The molecule has 0 spiro atoms. The van der Waals surface area contributed by atoms with Crippen molar-refractivity contribution in [1.82, 2.24) is 14.9 Å². The zero-order valence-corrected chi connectivity index (χ0v) is 11.6. The third kappa shape index (κ3) is 2.31. The summed E-state index contributed by atoms with van der Waals surface area (Å²) in [6.07, 6.45) is 1.08. The summed E-state index contributed by atoms with van der Waals surface area (Å²) in [6, 6.07) is 8.76. The molecule has 0 amide bonds. The Bertz CT molecular complexity index is 523. The number of benzene rings is 1. The first-order valence-corrected chi connectivity index (χ1v) is 6.43. The quantitative estimate of drug-likeness (QED) is 0.894. The van der Waals surface area contributed by atoms with Crippen LogP contribution in [0.25, 0.3) is 11.3 Å². The molecule has 0 aliphatic heterocycles. The molecular formula is C15H21N3. The van der Waals surface area contributed by atoms with Crippen LogP contribution in [0.3, 0.4) is 0 Å². The standard InChI is InChI=1S/C15H21N3/c1-5-12-6-8-13(9-7-12)15-11(2)17-14(10-16-3)18(15)4/h6-9,16H,5,10H2,1-4H3. The van der Waals surface area contributed by atoms with Gasteiger partial charge in [0.15, 0.2) is 0 Å². The van der Waals surface area contributed by atoms with Gasteiger partial charge in [-0.2, -0.15) is 0 Å². The van der Waals surface area contributed by atoms with E-state index in [1.165, 1.54) is 16.8 Å². The Morgan fingerprint density at radius 2 is 1.89 bits per heavy atom. The lowest BCUT2D eigenvalue weighted by molar-refractivity contribution is 0.712. The topological polar surface area (TPSA) is 29.9 Å². The van der Waals surface area contributed by atoms with Crippen molar-refractivity contribution in [2.45, 2.75) is 26.8 Å². The fraction of sp³-hybridized carbons (Fsp3) is 0.400. The van der Waals surface area contributed by atoms with Crippen molar-refractivity contribution in [2.75, 3.05) is 7.05 Å². The summed E-state index contributed by atoms with van der Waals surface area (Å²) in [7, 11) is 4.02. The van der Waals surface area contributed by atoms with Crippen molar-refractivity contribution >= 4 is 0 Å². The molecule has 0 atom stereocenters. The summed E-state index contributed by atoms with van der Waals surface area (Å²) in [4.78, 5) is 4.62. The Labute approximate surface area is 109 Å². The van der Waals surface area contributed by atoms with Crippen molar-refractivity contribution < 1.29 is 0 Å². The number of imidazole rings is 1. The molecule has 1 N–H and O–H groups in total. The molecule has 18 heavy (non-hydrogen) atoms. The van der Waals surface area contributed by atoms with Crippen LogP contribution >= 0.6 is 0 Å². The predicted octanol–water partition coefficient (Wildman–Crippen LogP) is 2.68. The van der Waals surface area contributed by atoms with E-state index in [4.69, 9.17) is 0 Å². The van der Waals surface area contributed by atoms with Gasteiger partial charge in [-0.3, -0.25) is 0 Å². The van der Waals surface area contributed by atoms with E-state index in [0.29, 0.717) is 0 Å². The molecule has 2 rings (SSSR count). The number of nitrogens with zero attached hydrogens (tertiary/aromatic N) is 2. The normalized spacial score (nSPS) is 10.9. The molecule has 0 radical (unpaired) electrons. The maximum atomic E-state index is 4.62. The highest BCUT2D eigenvalue weighted by atomic mass is 15.1. The molecule has 0 bridgehead atoms. The zero-order chi connectivity index (χ0) is 13.1. The average molecular weight is 243 g/mol. The van der Waals surface area contributed by atoms with E-state index in [2.05, 4.69) is 60.0 Å². The molecule has 0 saturated carbocycles. The first kappa shape index (κ1) is 12.8. The molecular weight excluding hydrogens is 222 g/mol. The van der Waals surface area contributed by atoms with Crippen LogP contribution in [0, 0.1) is 6.92 Å². The van der Waals surface area contributed by atoms with E-state index in [9.17, 15) is 0 Å². The van der Waals surface area contributed by atoms with Crippen LogP contribution in [0.2, 0.25) is 0 Å². The molecule has 0 aliphatic carbocycles. The Balaban J connectivity index is 2.43. The summed E-state index contributed by atoms with van der Waals surface area (Å²) >= 11 is 0. The number of rotatable bonds is 4. The predicted molar refractivity (Wildman–Crippen MR) is 75.5 cm³/mol. The van der Waals surface area contributed by atoms with E-state index in [-0.39, 0.29) is 0 Å². The third-order valence-corrected chi connectivity index (χ3v) is 3.33. The number of aryl methyl sites for hydroxylation is 2. The molecule has 0 unspecified atom stereocenters. The average Bonchev–Trinajstić information content (AvgIpc) is 2.65. The molecule has 0 aliphatic rings. The SMILES string of the molecule is CCc1ccc(-c2c(C)nc(CNC)n2C)cc1. The number of hydrogen-bond donors (Lipinski definition) is 1. The van der Waals surface area contributed by atoms with Gasteiger partial charge in [0.2, 0.25) is 0 Å². The number of aromatic nitrogens is 2. The maximum Gasteiger partial charge on any atom is 0.123 e. The van der Waals surface area contributed by atoms with Crippen LogP contribution in [0.5, 0.6) is 0 Å². The Hall–Kier alpha value is -1.61. The highest BCUT2D eigenvalue weighted by molar-refractivity contribution is 5.63. The van der Waals surface area contributed by atoms with Gasteiger partial charge in [-0.25, -0.2) is 4.98 Å². The zero-order valence-electron chi connectivity index (χ0n) is 11.6. The lowest BCUT2D eigenvalue weighted by Gasteiger charge is -2.07. The molecule has 3 heteroatoms. The van der Waals surface area contributed by atoms with Crippen molar-refractivity contribution in [1.29, 1.82) is 0 Å². The minimum absolute atomic E-state index is 0.796. The highest BCUT2D eigenvalue weighted by Gasteiger charge is 2.12.